The van der Waals surface area contributed by atoms with Crippen molar-refractivity contribution in [1.29, 1.82) is 0 Å². The highest BCUT2D eigenvalue weighted by molar-refractivity contribution is 5.33. The number of fused-ring (bicyclic) bond motifs is 5. The minimum absolute atomic E-state index is 0.511. The lowest BCUT2D eigenvalue weighted by atomic mass is 9.47. The molecule has 4 aliphatic carbocycles. The zero-order valence-corrected chi connectivity index (χ0v) is 16.3. The third-order valence-electron chi connectivity index (χ3n) is 8.55. The standard InChI is InChI=1S/C21H32.C2H6/c1-14-9-11-21(4)16(13-14)6-7-17-18-8-5-15(2)20(18,3)12-10-19(17)21;1-2/h13,15,17-19H,1,5-12H2,2-4H3;1-2H3. The monoisotopic (exact) mass is 314 g/mol. The largest absolute Gasteiger partial charge is 0.0958 e. The molecule has 0 aromatic carbocycles. The Kier molecular flexibility index (Phi) is 4.58. The number of rotatable bonds is 0. The minimum atomic E-state index is 0.511. The van der Waals surface area contributed by atoms with E-state index in [9.17, 15) is 0 Å². The molecule has 3 fully saturated rings. The van der Waals surface area contributed by atoms with E-state index in [4.69, 9.17) is 0 Å². The summed E-state index contributed by atoms with van der Waals surface area (Å²) >= 11 is 0. The molecule has 0 saturated heterocycles. The van der Waals surface area contributed by atoms with Crippen molar-refractivity contribution in [2.45, 2.75) is 86.0 Å². The molecule has 6 atom stereocenters. The first-order chi connectivity index (χ1) is 10.9. The van der Waals surface area contributed by atoms with Gasteiger partial charge in [-0.3, -0.25) is 0 Å². The molecule has 0 N–H and O–H groups in total. The van der Waals surface area contributed by atoms with Gasteiger partial charge in [0, 0.05) is 0 Å². The fraction of sp³-hybridized carbons (Fsp3) is 0.826. The molecular formula is C23H38. The van der Waals surface area contributed by atoms with E-state index in [1.807, 2.05) is 13.8 Å². The summed E-state index contributed by atoms with van der Waals surface area (Å²) in [5.74, 6) is 3.96. The molecule has 3 saturated carbocycles. The lowest BCUT2D eigenvalue weighted by molar-refractivity contribution is -0.0473. The first kappa shape index (κ1) is 17.3. The molecule has 130 valence electrons. The molecule has 0 spiro atoms. The van der Waals surface area contributed by atoms with Crippen LogP contribution in [0.15, 0.2) is 23.8 Å². The molecule has 0 heteroatoms. The van der Waals surface area contributed by atoms with E-state index in [0.717, 1.165) is 23.7 Å². The van der Waals surface area contributed by atoms with Gasteiger partial charge >= 0.3 is 0 Å². The van der Waals surface area contributed by atoms with Gasteiger partial charge in [-0.2, -0.15) is 0 Å². The molecule has 0 nitrogen and oxygen atoms in total. The molecule has 0 radical (unpaired) electrons. The van der Waals surface area contributed by atoms with E-state index in [1.54, 1.807) is 5.57 Å². The van der Waals surface area contributed by atoms with Crippen LogP contribution in [0.3, 0.4) is 0 Å². The van der Waals surface area contributed by atoms with Crippen LogP contribution >= 0.6 is 0 Å². The molecular weight excluding hydrogens is 276 g/mol. The molecule has 0 heterocycles. The molecule has 4 aliphatic rings. The summed E-state index contributed by atoms with van der Waals surface area (Å²) in [7, 11) is 0. The second kappa shape index (κ2) is 6.08. The second-order valence-corrected chi connectivity index (χ2v) is 9.18. The van der Waals surface area contributed by atoms with Crippen LogP contribution < -0.4 is 0 Å². The highest BCUT2D eigenvalue weighted by Gasteiger charge is 2.57. The second-order valence-electron chi connectivity index (χ2n) is 9.18. The van der Waals surface area contributed by atoms with E-state index >= 15 is 0 Å². The van der Waals surface area contributed by atoms with Crippen molar-refractivity contribution in [2.24, 2.45) is 34.5 Å². The summed E-state index contributed by atoms with van der Waals surface area (Å²) < 4.78 is 0. The van der Waals surface area contributed by atoms with Gasteiger partial charge in [0.2, 0.25) is 0 Å². The lowest BCUT2D eigenvalue weighted by Gasteiger charge is -2.58. The topological polar surface area (TPSA) is 0 Å². The summed E-state index contributed by atoms with van der Waals surface area (Å²) in [6, 6.07) is 0. The van der Waals surface area contributed by atoms with Gasteiger partial charge in [0.1, 0.15) is 0 Å². The Hall–Kier alpha value is -0.520. The molecule has 6 unspecified atom stereocenters. The fourth-order valence-electron chi connectivity index (χ4n) is 6.91. The number of hydrogen-bond donors (Lipinski definition) is 0. The zero-order chi connectivity index (χ0) is 16.8. The Labute approximate surface area is 144 Å². The molecule has 23 heavy (non-hydrogen) atoms. The van der Waals surface area contributed by atoms with Crippen molar-refractivity contribution < 1.29 is 0 Å². The number of allylic oxidation sites excluding steroid dienone is 3. The number of hydrogen-bond acceptors (Lipinski definition) is 0. The van der Waals surface area contributed by atoms with Gasteiger partial charge in [0.05, 0.1) is 0 Å². The van der Waals surface area contributed by atoms with Gasteiger partial charge in [0.25, 0.3) is 0 Å². The predicted octanol–water partition coefficient (Wildman–Crippen LogP) is 7.17. The summed E-state index contributed by atoms with van der Waals surface area (Å²) in [5, 5.41) is 0. The average molecular weight is 315 g/mol. The fourth-order valence-corrected chi connectivity index (χ4v) is 6.91. The molecule has 4 rings (SSSR count). The van der Waals surface area contributed by atoms with Crippen LogP contribution in [-0.4, -0.2) is 0 Å². The molecule has 0 amide bonds. The third-order valence-corrected chi connectivity index (χ3v) is 8.55. The SMILES string of the molecule is C=C1C=C2CCC3C(CCC4(C)C(C)CCC34)C2(C)CC1.CC. The Morgan fingerprint density at radius 3 is 2.43 bits per heavy atom. The lowest BCUT2D eigenvalue weighted by Crippen LogP contribution is -2.49. The van der Waals surface area contributed by atoms with Gasteiger partial charge in [-0.1, -0.05) is 58.4 Å². The first-order valence-corrected chi connectivity index (χ1v) is 10.3. The summed E-state index contributed by atoms with van der Waals surface area (Å²) in [4.78, 5) is 0. The highest BCUT2D eigenvalue weighted by Crippen LogP contribution is 2.66. The molecule has 0 aromatic heterocycles. The smallest absolute Gasteiger partial charge is 0.00790 e. The normalized spacial score (nSPS) is 48.4. The predicted molar refractivity (Wildman–Crippen MR) is 101 cm³/mol. The quantitative estimate of drug-likeness (QED) is 0.444. The Balaban J connectivity index is 0.000000753. The van der Waals surface area contributed by atoms with Crippen LogP contribution in [0.2, 0.25) is 0 Å². The molecule has 0 aromatic rings. The van der Waals surface area contributed by atoms with Crippen molar-refractivity contribution in [3.05, 3.63) is 23.8 Å². The van der Waals surface area contributed by atoms with Crippen molar-refractivity contribution in [1.82, 2.24) is 0 Å². The van der Waals surface area contributed by atoms with E-state index in [0.29, 0.717) is 10.8 Å². The van der Waals surface area contributed by atoms with Gasteiger partial charge in [-0.15, -0.1) is 0 Å². The van der Waals surface area contributed by atoms with E-state index in [2.05, 4.69) is 33.4 Å². The summed E-state index contributed by atoms with van der Waals surface area (Å²) in [6.07, 6.45) is 13.9. The van der Waals surface area contributed by atoms with Crippen LogP contribution in [0.4, 0.5) is 0 Å². The van der Waals surface area contributed by atoms with E-state index in [-0.39, 0.29) is 0 Å². The Morgan fingerprint density at radius 1 is 0.957 bits per heavy atom. The van der Waals surface area contributed by atoms with Crippen LogP contribution in [0, 0.1) is 34.5 Å². The average Bonchev–Trinajstić information content (AvgIpc) is 2.86. The van der Waals surface area contributed by atoms with Gasteiger partial charge in [0.15, 0.2) is 0 Å². The van der Waals surface area contributed by atoms with Crippen LogP contribution in [0.1, 0.15) is 86.0 Å². The molecule has 0 bridgehead atoms. The van der Waals surface area contributed by atoms with Gasteiger partial charge in [-0.05, 0) is 85.9 Å². The van der Waals surface area contributed by atoms with Crippen LogP contribution in [-0.2, 0) is 0 Å². The molecule has 0 aliphatic heterocycles. The summed E-state index contributed by atoms with van der Waals surface area (Å²) in [5.41, 5.74) is 4.32. The highest BCUT2D eigenvalue weighted by atomic mass is 14.6. The first-order valence-electron chi connectivity index (χ1n) is 10.3. The van der Waals surface area contributed by atoms with E-state index < -0.39 is 0 Å². The maximum Gasteiger partial charge on any atom is -0.00790 e. The van der Waals surface area contributed by atoms with Crippen molar-refractivity contribution in [3.63, 3.8) is 0 Å². The zero-order valence-electron chi connectivity index (χ0n) is 16.3. The summed E-state index contributed by atoms with van der Waals surface area (Å²) in [6.45, 7) is 16.0. The Morgan fingerprint density at radius 2 is 1.70 bits per heavy atom. The van der Waals surface area contributed by atoms with Crippen molar-refractivity contribution >= 4 is 0 Å². The van der Waals surface area contributed by atoms with Gasteiger partial charge in [-0.25, -0.2) is 0 Å². The maximum absolute atomic E-state index is 4.24. The third kappa shape index (κ3) is 2.47. The van der Waals surface area contributed by atoms with Gasteiger partial charge < -0.3 is 0 Å². The van der Waals surface area contributed by atoms with Crippen LogP contribution in [0.25, 0.3) is 0 Å². The van der Waals surface area contributed by atoms with Crippen molar-refractivity contribution in [2.75, 3.05) is 0 Å². The van der Waals surface area contributed by atoms with E-state index in [1.165, 1.54) is 56.9 Å². The van der Waals surface area contributed by atoms with Crippen molar-refractivity contribution in [3.8, 4) is 0 Å². The maximum atomic E-state index is 4.24. The minimum Gasteiger partial charge on any atom is -0.0958 e. The Bertz CT molecular complexity index is 498. The van der Waals surface area contributed by atoms with Crippen LogP contribution in [0.5, 0.6) is 0 Å².